The Hall–Kier alpha value is -1.63. The van der Waals surface area contributed by atoms with Gasteiger partial charge in [-0.1, -0.05) is 0 Å². The lowest BCUT2D eigenvalue weighted by Crippen LogP contribution is -2.33. The fourth-order valence-corrected chi connectivity index (χ4v) is 1.98. The third-order valence-electron chi connectivity index (χ3n) is 1.95. The van der Waals surface area contributed by atoms with E-state index in [9.17, 15) is 18.4 Å². The number of thioether (sulfide) groups is 1. The van der Waals surface area contributed by atoms with Gasteiger partial charge in [-0.05, 0) is 18.2 Å². The summed E-state index contributed by atoms with van der Waals surface area (Å²) in [7, 11) is 0. The van der Waals surface area contributed by atoms with Crippen molar-refractivity contribution in [2.45, 2.75) is 11.3 Å². The predicted octanol–water partition coefficient (Wildman–Crippen LogP) is 1.05. The number of nitrogens with two attached hydrogens (primary N) is 1. The van der Waals surface area contributed by atoms with Crippen LogP contribution in [0.15, 0.2) is 23.1 Å². The van der Waals surface area contributed by atoms with Gasteiger partial charge in [0.15, 0.2) is 11.6 Å². The maximum absolute atomic E-state index is 12.9. The first kappa shape index (κ1) is 14.4. The minimum Gasteiger partial charge on any atom is -0.368 e. The molecule has 0 unspecified atom stereocenters. The molecule has 0 aliphatic carbocycles. The van der Waals surface area contributed by atoms with Crippen molar-refractivity contribution in [1.82, 2.24) is 5.32 Å². The molecule has 0 aromatic heterocycles. The molecule has 4 nitrogen and oxygen atoms in total. The van der Waals surface area contributed by atoms with Crippen LogP contribution in [-0.2, 0) is 9.59 Å². The highest BCUT2D eigenvalue weighted by Gasteiger charge is 2.05. The second-order valence-corrected chi connectivity index (χ2v) is 4.59. The Labute approximate surface area is 107 Å². The fourth-order valence-electron chi connectivity index (χ4n) is 1.10. The van der Waals surface area contributed by atoms with E-state index in [1.807, 2.05) is 0 Å². The zero-order chi connectivity index (χ0) is 13.5. The molecule has 0 heterocycles. The molecule has 0 saturated carbocycles. The molecule has 1 aromatic rings. The smallest absolute Gasteiger partial charge is 0.236 e. The summed E-state index contributed by atoms with van der Waals surface area (Å²) in [5.74, 6) is -2.35. The third-order valence-corrected chi connectivity index (χ3v) is 2.94. The maximum atomic E-state index is 12.9. The summed E-state index contributed by atoms with van der Waals surface area (Å²) in [6.45, 7) is -0.200. The molecule has 0 fully saturated rings. The SMILES string of the molecule is NC(=O)CNC(=O)CCSc1ccc(F)c(F)c1. The topological polar surface area (TPSA) is 72.2 Å². The van der Waals surface area contributed by atoms with Crippen molar-refractivity contribution in [2.24, 2.45) is 5.73 Å². The summed E-state index contributed by atoms with van der Waals surface area (Å²) in [6, 6.07) is 3.54. The van der Waals surface area contributed by atoms with Crippen LogP contribution in [-0.4, -0.2) is 24.1 Å². The highest BCUT2D eigenvalue weighted by Crippen LogP contribution is 2.20. The van der Waals surface area contributed by atoms with E-state index in [0.717, 1.165) is 12.1 Å². The van der Waals surface area contributed by atoms with Crippen LogP contribution in [0.5, 0.6) is 0 Å². The standard InChI is InChI=1S/C11H12F2N2O2S/c12-8-2-1-7(5-9(8)13)18-4-3-11(17)15-6-10(14)16/h1-2,5H,3-4,6H2,(H2,14,16)(H,15,17). The fraction of sp³-hybridized carbons (Fsp3) is 0.273. The van der Waals surface area contributed by atoms with Gasteiger partial charge >= 0.3 is 0 Å². The molecule has 1 aromatic carbocycles. The predicted molar refractivity (Wildman–Crippen MR) is 63.9 cm³/mol. The van der Waals surface area contributed by atoms with E-state index in [1.165, 1.54) is 17.8 Å². The van der Waals surface area contributed by atoms with E-state index in [1.54, 1.807) is 0 Å². The maximum Gasteiger partial charge on any atom is 0.236 e. The van der Waals surface area contributed by atoms with Crippen molar-refractivity contribution in [3.8, 4) is 0 Å². The van der Waals surface area contributed by atoms with E-state index >= 15 is 0 Å². The summed E-state index contributed by atoms with van der Waals surface area (Å²) >= 11 is 1.22. The lowest BCUT2D eigenvalue weighted by molar-refractivity contribution is -0.124. The van der Waals surface area contributed by atoms with E-state index < -0.39 is 17.5 Å². The minimum absolute atomic E-state index is 0.164. The molecule has 0 saturated heterocycles. The average molecular weight is 274 g/mol. The molecule has 0 bridgehead atoms. The normalized spacial score (nSPS) is 10.1. The van der Waals surface area contributed by atoms with Crippen molar-refractivity contribution in [3.63, 3.8) is 0 Å². The number of amides is 2. The Kier molecular flexibility index (Phi) is 5.57. The molecule has 0 aliphatic heterocycles. The van der Waals surface area contributed by atoms with Gasteiger partial charge in [0.2, 0.25) is 11.8 Å². The molecule has 1 rings (SSSR count). The lowest BCUT2D eigenvalue weighted by atomic mass is 10.3. The summed E-state index contributed by atoms with van der Waals surface area (Å²) < 4.78 is 25.5. The molecular weight excluding hydrogens is 262 g/mol. The van der Waals surface area contributed by atoms with Gasteiger partial charge in [-0.3, -0.25) is 9.59 Å². The molecule has 7 heteroatoms. The summed E-state index contributed by atoms with van der Waals surface area (Å²) in [5, 5.41) is 2.33. The first-order valence-electron chi connectivity index (χ1n) is 5.12. The average Bonchev–Trinajstić information content (AvgIpc) is 2.31. The molecule has 0 spiro atoms. The van der Waals surface area contributed by atoms with E-state index in [-0.39, 0.29) is 18.9 Å². The molecule has 2 amide bonds. The Balaban J connectivity index is 2.30. The van der Waals surface area contributed by atoms with Crippen molar-refractivity contribution < 1.29 is 18.4 Å². The lowest BCUT2D eigenvalue weighted by Gasteiger charge is -2.03. The van der Waals surface area contributed by atoms with Gasteiger partial charge in [0.05, 0.1) is 6.54 Å². The molecule has 0 aliphatic rings. The number of primary amides is 1. The number of carbonyl (C=O) groups is 2. The summed E-state index contributed by atoms with van der Waals surface area (Å²) in [4.78, 5) is 22.1. The van der Waals surface area contributed by atoms with Crippen LogP contribution in [0.2, 0.25) is 0 Å². The van der Waals surface area contributed by atoms with Gasteiger partial charge < -0.3 is 11.1 Å². The monoisotopic (exact) mass is 274 g/mol. The van der Waals surface area contributed by atoms with Gasteiger partial charge in [0.1, 0.15) is 0 Å². The van der Waals surface area contributed by atoms with Crippen molar-refractivity contribution >= 4 is 23.6 Å². The van der Waals surface area contributed by atoms with Gasteiger partial charge in [-0.2, -0.15) is 0 Å². The Morgan fingerprint density at radius 2 is 2.00 bits per heavy atom. The first-order valence-corrected chi connectivity index (χ1v) is 6.10. The Morgan fingerprint density at radius 3 is 2.61 bits per heavy atom. The Morgan fingerprint density at radius 1 is 1.28 bits per heavy atom. The molecular formula is C11H12F2N2O2S. The highest BCUT2D eigenvalue weighted by atomic mass is 32.2. The van der Waals surface area contributed by atoms with Crippen LogP contribution in [0.4, 0.5) is 8.78 Å². The Bertz CT molecular complexity index is 455. The largest absolute Gasteiger partial charge is 0.368 e. The second kappa shape index (κ2) is 6.95. The minimum atomic E-state index is -0.918. The van der Waals surface area contributed by atoms with Crippen LogP contribution in [0.25, 0.3) is 0 Å². The van der Waals surface area contributed by atoms with Crippen LogP contribution >= 0.6 is 11.8 Å². The third kappa shape index (κ3) is 5.13. The molecule has 98 valence electrons. The van der Waals surface area contributed by atoms with Crippen LogP contribution in [0.1, 0.15) is 6.42 Å². The number of nitrogens with one attached hydrogen (secondary N) is 1. The van der Waals surface area contributed by atoms with E-state index in [4.69, 9.17) is 5.73 Å². The molecule has 18 heavy (non-hydrogen) atoms. The van der Waals surface area contributed by atoms with Gasteiger partial charge in [-0.15, -0.1) is 11.8 Å². The van der Waals surface area contributed by atoms with Crippen molar-refractivity contribution in [3.05, 3.63) is 29.8 Å². The number of halogens is 2. The number of hydrogen-bond acceptors (Lipinski definition) is 3. The van der Waals surface area contributed by atoms with Crippen LogP contribution in [0.3, 0.4) is 0 Å². The summed E-state index contributed by atoms with van der Waals surface area (Å²) in [6.07, 6.45) is 0.164. The number of hydrogen-bond donors (Lipinski definition) is 2. The first-order chi connectivity index (χ1) is 8.49. The summed E-state index contributed by atoms with van der Waals surface area (Å²) in [5.41, 5.74) is 4.86. The van der Waals surface area contributed by atoms with E-state index in [2.05, 4.69) is 5.32 Å². The second-order valence-electron chi connectivity index (χ2n) is 3.42. The molecule has 3 N–H and O–H groups in total. The quantitative estimate of drug-likeness (QED) is 0.762. The zero-order valence-corrected chi connectivity index (χ0v) is 10.2. The van der Waals surface area contributed by atoms with Crippen molar-refractivity contribution in [1.29, 1.82) is 0 Å². The number of carbonyl (C=O) groups excluding carboxylic acids is 2. The number of benzene rings is 1. The van der Waals surface area contributed by atoms with Gasteiger partial charge in [-0.25, -0.2) is 8.78 Å². The molecule has 0 radical (unpaired) electrons. The van der Waals surface area contributed by atoms with Crippen LogP contribution < -0.4 is 11.1 Å². The highest BCUT2D eigenvalue weighted by molar-refractivity contribution is 7.99. The van der Waals surface area contributed by atoms with Gasteiger partial charge in [0.25, 0.3) is 0 Å². The number of rotatable bonds is 6. The van der Waals surface area contributed by atoms with E-state index in [0.29, 0.717) is 10.6 Å². The van der Waals surface area contributed by atoms with Gasteiger partial charge in [0, 0.05) is 17.1 Å². The molecule has 0 atom stereocenters. The zero-order valence-electron chi connectivity index (χ0n) is 9.41. The van der Waals surface area contributed by atoms with Crippen LogP contribution in [0, 0.1) is 11.6 Å². The van der Waals surface area contributed by atoms with Crippen molar-refractivity contribution in [2.75, 3.05) is 12.3 Å².